The summed E-state index contributed by atoms with van der Waals surface area (Å²) in [5.74, 6) is 0. The zero-order valence-electron chi connectivity index (χ0n) is 27.7. The van der Waals surface area contributed by atoms with Gasteiger partial charge in [0.05, 0.1) is 0 Å². The van der Waals surface area contributed by atoms with E-state index in [1.54, 1.807) is 5.56 Å². The molecule has 0 spiro atoms. The molecule has 0 amide bonds. The maximum absolute atomic E-state index is 3.05. The molecule has 5 heteroatoms. The molecule has 4 aliphatic heterocycles. The highest BCUT2D eigenvalue weighted by molar-refractivity contribution is 7.79. The number of rotatable bonds is 7. The average Bonchev–Trinajstić information content (AvgIpc) is 3.71. The molecule has 2 aromatic carbocycles. The average molecular weight is 640 g/mol. The van der Waals surface area contributed by atoms with Crippen molar-refractivity contribution < 1.29 is 0 Å². The van der Waals surface area contributed by atoms with Crippen molar-refractivity contribution in [2.24, 2.45) is 0 Å². The predicted molar refractivity (Wildman–Crippen MR) is 197 cm³/mol. The predicted octanol–water partition coefficient (Wildman–Crippen LogP) is 13.2. The summed E-state index contributed by atoms with van der Waals surface area (Å²) in [6.07, 6.45) is 11.5. The third-order valence-corrected chi connectivity index (χ3v) is 27.1. The zero-order chi connectivity index (χ0) is 29.7. The van der Waals surface area contributed by atoms with E-state index in [2.05, 4.69) is 108 Å². The van der Waals surface area contributed by atoms with Crippen molar-refractivity contribution in [3.8, 4) is 11.1 Å². The number of benzene rings is 2. The fourth-order valence-corrected chi connectivity index (χ4v) is 28.2. The minimum Gasteiger partial charge on any atom is -0.328 e. The zero-order valence-corrected chi connectivity index (χ0v) is 31.3. The van der Waals surface area contributed by atoms with Crippen LogP contribution in [0, 0.1) is 0 Å². The maximum Gasteiger partial charge on any atom is 0.0434 e. The third kappa shape index (κ3) is 6.07. The molecule has 0 bridgehead atoms. The molecule has 4 aliphatic rings. The van der Waals surface area contributed by atoms with Crippen LogP contribution in [-0.2, 0) is 0 Å². The van der Waals surface area contributed by atoms with Gasteiger partial charge in [0.25, 0.3) is 0 Å². The molecule has 0 unspecified atom stereocenters. The molecule has 4 heterocycles. The van der Waals surface area contributed by atoms with Gasteiger partial charge in [-0.3, -0.25) is 0 Å². The summed E-state index contributed by atoms with van der Waals surface area (Å²) in [6, 6.07) is 20.0. The highest BCUT2D eigenvalue weighted by Gasteiger charge is 2.46. The van der Waals surface area contributed by atoms with Gasteiger partial charge in [-0.1, -0.05) is 108 Å². The summed E-state index contributed by atoms with van der Waals surface area (Å²) < 4.78 is 3.05. The first-order chi connectivity index (χ1) is 20.2. The fourth-order valence-electron chi connectivity index (χ4n) is 9.02. The van der Waals surface area contributed by atoms with E-state index in [0.29, 0.717) is 0 Å². The van der Waals surface area contributed by atoms with Gasteiger partial charge in [0.15, 0.2) is 0 Å². The van der Waals surface area contributed by atoms with Crippen molar-refractivity contribution in [2.45, 2.75) is 157 Å². The van der Waals surface area contributed by atoms with E-state index in [1.165, 1.54) is 68.2 Å². The van der Waals surface area contributed by atoms with E-state index in [4.69, 9.17) is 0 Å². The Labute approximate surface area is 263 Å². The molecule has 230 valence electrons. The summed E-state index contributed by atoms with van der Waals surface area (Å²) in [7, 11) is -0.101. The summed E-state index contributed by atoms with van der Waals surface area (Å²) in [4.78, 5) is 0. The van der Waals surface area contributed by atoms with Crippen molar-refractivity contribution in [3.63, 3.8) is 0 Å². The topological polar surface area (TPSA) is 3.24 Å². The van der Waals surface area contributed by atoms with Crippen LogP contribution >= 0.6 is 32.0 Å². The second kappa shape index (κ2) is 13.4. The first kappa shape index (κ1) is 31.9. The number of nitrogens with zero attached hydrogens (tertiary/aromatic N) is 1. The van der Waals surface area contributed by atoms with Crippen LogP contribution in [0.5, 0.6) is 0 Å². The van der Waals surface area contributed by atoms with Gasteiger partial charge in [0.2, 0.25) is 0 Å². The van der Waals surface area contributed by atoms with Crippen LogP contribution in [0.25, 0.3) is 11.1 Å². The SMILES string of the molecule is C[C@H]1CC[C@H](C)P1C(c1ccc(-c2ccc(N(P3[C@@H](C)CC[C@@H]3C)P3[C@@H](C)CC[C@@H]3C)cc2)cc1)P1[C@@H](C)CC[C@@H]1C. The van der Waals surface area contributed by atoms with Crippen LogP contribution in [0.15, 0.2) is 48.5 Å². The van der Waals surface area contributed by atoms with Crippen LogP contribution in [0.1, 0.15) is 118 Å². The normalized spacial score (nSPS) is 35.2. The van der Waals surface area contributed by atoms with Gasteiger partial charge in [-0.2, -0.15) is 0 Å². The van der Waals surface area contributed by atoms with Crippen LogP contribution in [-0.4, -0.2) is 45.3 Å². The lowest BCUT2D eigenvalue weighted by Gasteiger charge is -2.44. The molecular weight excluding hydrogens is 582 g/mol. The van der Waals surface area contributed by atoms with E-state index in [0.717, 1.165) is 50.7 Å². The Morgan fingerprint density at radius 2 is 0.762 bits per heavy atom. The molecule has 0 radical (unpaired) electrons. The molecule has 8 atom stereocenters. The molecule has 0 N–H and O–H groups in total. The van der Waals surface area contributed by atoms with Crippen molar-refractivity contribution in [3.05, 3.63) is 54.1 Å². The molecule has 0 aromatic heterocycles. The monoisotopic (exact) mass is 639 g/mol. The molecule has 4 saturated heterocycles. The van der Waals surface area contributed by atoms with Gasteiger partial charge in [0, 0.05) is 27.2 Å². The molecule has 1 nitrogen and oxygen atoms in total. The van der Waals surface area contributed by atoms with E-state index in [1.807, 2.05) is 0 Å². The smallest absolute Gasteiger partial charge is 0.0434 e. The Hall–Kier alpha value is -0.0400. The second-order valence-electron chi connectivity index (χ2n) is 14.6. The van der Waals surface area contributed by atoms with E-state index in [9.17, 15) is 0 Å². The van der Waals surface area contributed by atoms with Crippen LogP contribution < -0.4 is 4.44 Å². The van der Waals surface area contributed by atoms with E-state index < -0.39 is 0 Å². The Morgan fingerprint density at radius 1 is 0.452 bits per heavy atom. The van der Waals surface area contributed by atoms with Gasteiger partial charge in [-0.15, -0.1) is 0 Å². The molecule has 4 fully saturated rings. The standard InChI is InChI=1S/C37H57NP4/c1-25-9-10-26(2)39(25)37(40-27(3)11-12-28(40)4)35-19-17-33(18-20-35)34-21-23-36(24-22-34)38(41-29(5)13-14-30(41)6)42-31(7)15-16-32(42)8/h17-32,37H,9-16H2,1-8H3/t25-,26-,27-,28-,29-,30-,31-,32-/m0/s1. The third-order valence-electron chi connectivity index (χ3n) is 11.5. The molecule has 6 rings (SSSR count). The first-order valence-electron chi connectivity index (χ1n) is 17.3. The van der Waals surface area contributed by atoms with E-state index >= 15 is 0 Å². The van der Waals surface area contributed by atoms with Crippen LogP contribution in [0.2, 0.25) is 0 Å². The summed E-state index contributed by atoms with van der Waals surface area (Å²) in [5.41, 5.74) is 13.1. The van der Waals surface area contributed by atoms with Gasteiger partial charge >= 0.3 is 0 Å². The Bertz CT molecular complexity index is 1000. The number of anilines is 1. The molecular formula is C37H57NP4. The summed E-state index contributed by atoms with van der Waals surface area (Å²) in [6.45, 7) is 20.6. The van der Waals surface area contributed by atoms with Crippen molar-refractivity contribution >= 4 is 37.7 Å². The lowest BCUT2D eigenvalue weighted by atomic mass is 10.0. The van der Waals surface area contributed by atoms with Crippen molar-refractivity contribution in [1.82, 2.24) is 0 Å². The minimum absolute atomic E-state index is 0.0553. The quantitative estimate of drug-likeness (QED) is 0.273. The number of hydrogen-bond donors (Lipinski definition) is 0. The lowest BCUT2D eigenvalue weighted by Crippen LogP contribution is -2.23. The number of hydrogen-bond acceptors (Lipinski definition) is 1. The molecule has 0 saturated carbocycles. The largest absolute Gasteiger partial charge is 0.328 e. The van der Waals surface area contributed by atoms with Crippen LogP contribution in [0.4, 0.5) is 5.69 Å². The highest BCUT2D eigenvalue weighted by Crippen LogP contribution is 2.79. The fraction of sp³-hybridized carbons (Fsp3) is 0.676. The lowest BCUT2D eigenvalue weighted by molar-refractivity contribution is 0.777. The van der Waals surface area contributed by atoms with E-state index in [-0.39, 0.29) is 32.0 Å². The summed E-state index contributed by atoms with van der Waals surface area (Å²) >= 11 is 0. The Kier molecular flexibility index (Phi) is 10.2. The molecule has 2 aromatic rings. The van der Waals surface area contributed by atoms with Gasteiger partial charge < -0.3 is 4.44 Å². The molecule has 42 heavy (non-hydrogen) atoms. The van der Waals surface area contributed by atoms with Gasteiger partial charge in [-0.25, -0.2) is 0 Å². The minimum atomic E-state index is -0.106. The van der Waals surface area contributed by atoms with Gasteiger partial charge in [-0.05, 0) is 125 Å². The highest BCUT2D eigenvalue weighted by atomic mass is 31.2. The maximum atomic E-state index is 3.05. The Morgan fingerprint density at radius 3 is 1.12 bits per heavy atom. The van der Waals surface area contributed by atoms with Crippen LogP contribution in [0.3, 0.4) is 0 Å². The first-order valence-corrected chi connectivity index (χ1v) is 23.2. The second-order valence-corrected chi connectivity index (χ2v) is 27.5. The Balaban J connectivity index is 1.28. The van der Waals surface area contributed by atoms with Crippen molar-refractivity contribution in [2.75, 3.05) is 4.44 Å². The van der Waals surface area contributed by atoms with Gasteiger partial charge in [0.1, 0.15) is 0 Å². The van der Waals surface area contributed by atoms with Crippen molar-refractivity contribution in [1.29, 1.82) is 0 Å². The molecule has 0 aliphatic carbocycles. The summed E-state index contributed by atoms with van der Waals surface area (Å²) in [5, 5.41) is 0.843.